The van der Waals surface area contributed by atoms with Crippen LogP contribution in [-0.2, 0) is 9.53 Å². The summed E-state index contributed by atoms with van der Waals surface area (Å²) in [5.74, 6) is -7.96. The number of carbonyl (C=O) groups is 2. The number of halogens is 4. The van der Waals surface area contributed by atoms with E-state index in [1.807, 2.05) is 0 Å². The van der Waals surface area contributed by atoms with Gasteiger partial charge in [0.1, 0.15) is 11.6 Å². The molecule has 1 aromatic rings. The van der Waals surface area contributed by atoms with Crippen LogP contribution in [0.25, 0.3) is 0 Å². The molecule has 0 spiro atoms. The fraction of sp³-hybridized carbons (Fsp3) is 0.529. The number of benzene rings is 1. The number of nitrogens with zero attached hydrogens (tertiary/aromatic N) is 1. The van der Waals surface area contributed by atoms with Gasteiger partial charge in [-0.3, -0.25) is 15.1 Å². The SMILES string of the molecule is CNNC(=O)C1C[C@H](c2c(F)c(F)cc(F)c2F)CN1C(=O)OC(C)(C)C. The highest BCUT2D eigenvalue weighted by Crippen LogP contribution is 2.37. The molecule has 1 unspecified atom stereocenters. The minimum absolute atomic E-state index is 0.111. The van der Waals surface area contributed by atoms with Gasteiger partial charge in [-0.05, 0) is 27.2 Å². The van der Waals surface area contributed by atoms with Gasteiger partial charge in [0.25, 0.3) is 5.91 Å². The molecule has 1 aliphatic heterocycles. The highest BCUT2D eigenvalue weighted by Gasteiger charge is 2.44. The van der Waals surface area contributed by atoms with Gasteiger partial charge in [0.15, 0.2) is 23.3 Å². The topological polar surface area (TPSA) is 70.7 Å². The van der Waals surface area contributed by atoms with E-state index in [9.17, 15) is 27.2 Å². The third-order valence-electron chi connectivity index (χ3n) is 4.03. The van der Waals surface area contributed by atoms with Crippen LogP contribution in [0.4, 0.5) is 22.4 Å². The molecular formula is C17H21F4N3O3. The number of hydrogen-bond donors (Lipinski definition) is 2. The van der Waals surface area contributed by atoms with Crippen LogP contribution in [0, 0.1) is 23.3 Å². The van der Waals surface area contributed by atoms with E-state index in [0.29, 0.717) is 0 Å². The number of likely N-dealkylation sites (tertiary alicyclic amines) is 1. The van der Waals surface area contributed by atoms with Crippen LogP contribution in [-0.4, -0.2) is 42.1 Å². The summed E-state index contributed by atoms with van der Waals surface area (Å²) in [6.45, 7) is 4.50. The molecule has 0 radical (unpaired) electrons. The van der Waals surface area contributed by atoms with Gasteiger partial charge in [-0.25, -0.2) is 27.8 Å². The molecule has 2 rings (SSSR count). The van der Waals surface area contributed by atoms with Gasteiger partial charge in [-0.2, -0.15) is 0 Å². The highest BCUT2D eigenvalue weighted by molar-refractivity contribution is 5.86. The van der Waals surface area contributed by atoms with Crippen LogP contribution in [0.1, 0.15) is 38.7 Å². The zero-order valence-corrected chi connectivity index (χ0v) is 15.3. The van der Waals surface area contributed by atoms with Crippen molar-refractivity contribution in [3.63, 3.8) is 0 Å². The third kappa shape index (κ3) is 4.49. The molecule has 1 fully saturated rings. The minimum atomic E-state index is -1.55. The Kier molecular flexibility index (Phi) is 5.98. The Hall–Kier alpha value is -2.36. The van der Waals surface area contributed by atoms with Crippen molar-refractivity contribution in [2.75, 3.05) is 13.6 Å². The molecule has 2 N–H and O–H groups in total. The van der Waals surface area contributed by atoms with E-state index in [-0.39, 0.29) is 19.0 Å². The molecule has 27 heavy (non-hydrogen) atoms. The summed E-state index contributed by atoms with van der Waals surface area (Å²) in [5.41, 5.74) is 2.98. The Balaban J connectivity index is 2.40. The maximum absolute atomic E-state index is 14.1. The average molecular weight is 391 g/mol. The van der Waals surface area contributed by atoms with Crippen LogP contribution in [0.3, 0.4) is 0 Å². The summed E-state index contributed by atoms with van der Waals surface area (Å²) in [4.78, 5) is 25.7. The molecule has 1 aromatic carbocycles. The third-order valence-corrected chi connectivity index (χ3v) is 4.03. The first-order valence-corrected chi connectivity index (χ1v) is 8.25. The fourth-order valence-corrected chi connectivity index (χ4v) is 2.97. The van der Waals surface area contributed by atoms with Crippen LogP contribution in [0.5, 0.6) is 0 Å². The van der Waals surface area contributed by atoms with Crippen molar-refractivity contribution >= 4 is 12.0 Å². The molecule has 10 heteroatoms. The maximum Gasteiger partial charge on any atom is 0.410 e. The van der Waals surface area contributed by atoms with Crippen molar-refractivity contribution in [2.45, 2.75) is 44.8 Å². The van der Waals surface area contributed by atoms with Crippen molar-refractivity contribution in [1.29, 1.82) is 0 Å². The molecule has 0 saturated carbocycles. The Labute approximate surface area is 153 Å². The van der Waals surface area contributed by atoms with E-state index in [4.69, 9.17) is 4.74 Å². The van der Waals surface area contributed by atoms with Crippen LogP contribution in [0.15, 0.2) is 6.07 Å². The van der Waals surface area contributed by atoms with Gasteiger partial charge < -0.3 is 4.74 Å². The monoisotopic (exact) mass is 391 g/mol. The Bertz CT molecular complexity index is 726. The standard InChI is InChI=1S/C17H21F4N3O3/c1-17(2,3)27-16(26)24-7-8(5-11(24)15(25)23-22-4)12-13(20)9(18)6-10(19)14(12)21/h6,8,11,22H,5,7H2,1-4H3,(H,23,25)/t8-,11?/m0/s1. The molecule has 0 aromatic heterocycles. The predicted molar refractivity (Wildman–Crippen MR) is 87.6 cm³/mol. The number of carbonyl (C=O) groups excluding carboxylic acids is 2. The van der Waals surface area contributed by atoms with Crippen molar-refractivity contribution in [2.24, 2.45) is 0 Å². The molecule has 6 nitrogen and oxygen atoms in total. The Morgan fingerprint density at radius 2 is 1.70 bits per heavy atom. The van der Waals surface area contributed by atoms with E-state index >= 15 is 0 Å². The summed E-state index contributed by atoms with van der Waals surface area (Å²) >= 11 is 0. The first-order chi connectivity index (χ1) is 12.5. The number of ether oxygens (including phenoxy) is 1. The van der Waals surface area contributed by atoms with Gasteiger partial charge in [-0.1, -0.05) is 0 Å². The second kappa shape index (κ2) is 7.71. The van der Waals surface area contributed by atoms with E-state index < -0.39 is 58.4 Å². The van der Waals surface area contributed by atoms with Crippen LogP contribution < -0.4 is 10.9 Å². The van der Waals surface area contributed by atoms with Crippen molar-refractivity contribution < 1.29 is 31.9 Å². The summed E-state index contributed by atoms with van der Waals surface area (Å²) in [7, 11) is 1.42. The van der Waals surface area contributed by atoms with Crippen molar-refractivity contribution in [1.82, 2.24) is 15.8 Å². The quantitative estimate of drug-likeness (QED) is 0.472. The lowest BCUT2D eigenvalue weighted by molar-refractivity contribution is -0.126. The van der Waals surface area contributed by atoms with E-state index in [1.165, 1.54) is 7.05 Å². The van der Waals surface area contributed by atoms with Gasteiger partial charge in [0, 0.05) is 31.1 Å². The fourth-order valence-electron chi connectivity index (χ4n) is 2.97. The van der Waals surface area contributed by atoms with E-state index in [0.717, 1.165) is 4.90 Å². The molecule has 0 aliphatic carbocycles. The summed E-state index contributed by atoms with van der Waals surface area (Å²) in [5, 5.41) is 0. The van der Waals surface area contributed by atoms with Gasteiger partial charge in [-0.15, -0.1) is 0 Å². The molecule has 150 valence electrons. The van der Waals surface area contributed by atoms with Gasteiger partial charge in [0.05, 0.1) is 0 Å². The van der Waals surface area contributed by atoms with Gasteiger partial charge in [0.2, 0.25) is 0 Å². The Morgan fingerprint density at radius 3 is 2.19 bits per heavy atom. The lowest BCUT2D eigenvalue weighted by atomic mass is 9.94. The predicted octanol–water partition coefficient (Wildman–Crippen LogP) is 2.59. The summed E-state index contributed by atoms with van der Waals surface area (Å²) in [6.07, 6.45) is -1.11. The minimum Gasteiger partial charge on any atom is -0.444 e. The second-order valence-electron chi connectivity index (χ2n) is 7.20. The first-order valence-electron chi connectivity index (χ1n) is 8.25. The van der Waals surface area contributed by atoms with Crippen LogP contribution in [0.2, 0.25) is 0 Å². The lowest BCUT2D eigenvalue weighted by Crippen LogP contribution is -2.50. The molecule has 0 bridgehead atoms. The van der Waals surface area contributed by atoms with Gasteiger partial charge >= 0.3 is 6.09 Å². The number of rotatable bonds is 3. The number of amides is 2. The molecular weight excluding hydrogens is 370 g/mol. The molecule has 1 saturated heterocycles. The summed E-state index contributed by atoms with van der Waals surface area (Å²) < 4.78 is 60.6. The average Bonchev–Trinajstić information content (AvgIpc) is 2.97. The van der Waals surface area contributed by atoms with Crippen LogP contribution >= 0.6 is 0 Å². The zero-order chi connectivity index (χ0) is 20.5. The van der Waals surface area contributed by atoms with Crippen molar-refractivity contribution in [3.8, 4) is 0 Å². The molecule has 1 aliphatic rings. The van der Waals surface area contributed by atoms with Crippen molar-refractivity contribution in [3.05, 3.63) is 34.9 Å². The summed E-state index contributed by atoms with van der Waals surface area (Å²) in [6, 6.07) is -1.03. The number of nitrogens with one attached hydrogen (secondary N) is 2. The molecule has 1 heterocycles. The maximum atomic E-state index is 14.1. The second-order valence-corrected chi connectivity index (χ2v) is 7.20. The normalized spacial score (nSPS) is 19.9. The highest BCUT2D eigenvalue weighted by atomic mass is 19.2. The largest absolute Gasteiger partial charge is 0.444 e. The first kappa shape index (κ1) is 20.9. The molecule has 2 atom stereocenters. The molecule has 2 amide bonds. The lowest BCUT2D eigenvalue weighted by Gasteiger charge is -2.28. The van der Waals surface area contributed by atoms with E-state index in [2.05, 4.69) is 10.9 Å². The Morgan fingerprint density at radius 1 is 1.15 bits per heavy atom. The number of hydrogen-bond acceptors (Lipinski definition) is 4. The zero-order valence-electron chi connectivity index (χ0n) is 15.3. The number of hydrazine groups is 1. The van der Waals surface area contributed by atoms with E-state index in [1.54, 1.807) is 20.8 Å². The smallest absolute Gasteiger partial charge is 0.410 e.